The van der Waals surface area contributed by atoms with Gasteiger partial charge in [-0.2, -0.15) is 13.2 Å². The van der Waals surface area contributed by atoms with E-state index in [4.69, 9.17) is 9.47 Å². The number of benzene rings is 1. The Labute approximate surface area is 129 Å². The van der Waals surface area contributed by atoms with Gasteiger partial charge in [-0.25, -0.2) is 0 Å². The van der Waals surface area contributed by atoms with Gasteiger partial charge in [0.25, 0.3) is 0 Å². The van der Waals surface area contributed by atoms with Crippen molar-refractivity contribution in [3.8, 4) is 11.5 Å². The molecular formula is C14H17BrF3NO2. The Balaban J connectivity index is 1.86. The molecule has 1 N–H and O–H groups in total. The Morgan fingerprint density at radius 3 is 2.71 bits per heavy atom. The van der Waals surface area contributed by atoms with Crippen molar-refractivity contribution in [3.63, 3.8) is 0 Å². The first-order valence-corrected chi connectivity index (χ1v) is 7.60. The van der Waals surface area contributed by atoms with Gasteiger partial charge in [0, 0.05) is 19.4 Å². The van der Waals surface area contributed by atoms with E-state index in [1.165, 1.54) is 0 Å². The van der Waals surface area contributed by atoms with Crippen LogP contribution in [0.15, 0.2) is 16.6 Å². The minimum absolute atomic E-state index is 0.0786. The summed E-state index contributed by atoms with van der Waals surface area (Å²) in [5, 5.41) is 3.01. The van der Waals surface area contributed by atoms with E-state index in [0.29, 0.717) is 37.8 Å². The summed E-state index contributed by atoms with van der Waals surface area (Å²) >= 11 is 3.43. The van der Waals surface area contributed by atoms with Crippen LogP contribution in [-0.2, 0) is 6.54 Å². The summed E-state index contributed by atoms with van der Waals surface area (Å²) < 4.78 is 48.1. The lowest BCUT2D eigenvalue weighted by Crippen LogP contribution is -2.17. The minimum Gasteiger partial charge on any atom is -0.490 e. The third-order valence-corrected chi connectivity index (χ3v) is 3.59. The van der Waals surface area contributed by atoms with Gasteiger partial charge in [0.05, 0.1) is 17.7 Å². The number of alkyl halides is 3. The maximum atomic E-state index is 12.0. The molecular weight excluding hydrogens is 351 g/mol. The molecule has 0 saturated carbocycles. The zero-order chi connectivity index (χ0) is 15.3. The molecule has 2 rings (SSSR count). The van der Waals surface area contributed by atoms with Crippen molar-refractivity contribution >= 4 is 15.9 Å². The van der Waals surface area contributed by atoms with E-state index in [-0.39, 0.29) is 6.42 Å². The van der Waals surface area contributed by atoms with Crippen molar-refractivity contribution < 1.29 is 22.6 Å². The summed E-state index contributed by atoms with van der Waals surface area (Å²) in [5.74, 6) is 1.36. The van der Waals surface area contributed by atoms with Gasteiger partial charge in [-0.1, -0.05) is 0 Å². The maximum Gasteiger partial charge on any atom is 0.389 e. The van der Waals surface area contributed by atoms with E-state index in [1.807, 2.05) is 12.1 Å². The summed E-state index contributed by atoms with van der Waals surface area (Å²) in [5.41, 5.74) is 0.943. The average molecular weight is 368 g/mol. The molecule has 1 aliphatic heterocycles. The van der Waals surface area contributed by atoms with E-state index in [9.17, 15) is 13.2 Å². The molecule has 0 atom stereocenters. The second kappa shape index (κ2) is 7.35. The second-order valence-electron chi connectivity index (χ2n) is 4.85. The fraction of sp³-hybridized carbons (Fsp3) is 0.571. The molecule has 1 heterocycles. The Morgan fingerprint density at radius 2 is 1.95 bits per heavy atom. The monoisotopic (exact) mass is 367 g/mol. The quantitative estimate of drug-likeness (QED) is 0.796. The van der Waals surface area contributed by atoms with Crippen molar-refractivity contribution in [3.05, 3.63) is 22.2 Å². The molecule has 0 unspecified atom stereocenters. The highest BCUT2D eigenvalue weighted by Gasteiger charge is 2.25. The van der Waals surface area contributed by atoms with Crippen LogP contribution in [0.25, 0.3) is 0 Å². The van der Waals surface area contributed by atoms with E-state index in [1.54, 1.807) is 0 Å². The lowest BCUT2D eigenvalue weighted by Gasteiger charge is -2.12. The molecule has 0 radical (unpaired) electrons. The number of fused-ring (bicyclic) bond motifs is 1. The van der Waals surface area contributed by atoms with Gasteiger partial charge in [0.15, 0.2) is 11.5 Å². The number of rotatable bonds is 5. The van der Waals surface area contributed by atoms with Gasteiger partial charge < -0.3 is 14.8 Å². The Kier molecular flexibility index (Phi) is 5.75. The van der Waals surface area contributed by atoms with Crippen LogP contribution in [0, 0.1) is 0 Å². The average Bonchev–Trinajstić information content (AvgIpc) is 2.62. The van der Waals surface area contributed by atoms with Crippen LogP contribution in [0.2, 0.25) is 0 Å². The Hall–Kier alpha value is -0.950. The van der Waals surface area contributed by atoms with Crippen molar-refractivity contribution in [2.45, 2.75) is 32.0 Å². The van der Waals surface area contributed by atoms with Crippen molar-refractivity contribution in [2.75, 3.05) is 19.8 Å². The van der Waals surface area contributed by atoms with Crippen LogP contribution in [0.4, 0.5) is 13.2 Å². The third kappa shape index (κ3) is 5.39. The summed E-state index contributed by atoms with van der Waals surface area (Å²) in [6.45, 7) is 2.03. The first kappa shape index (κ1) is 16.4. The normalized spacial score (nSPS) is 14.9. The van der Waals surface area contributed by atoms with Gasteiger partial charge in [0.1, 0.15) is 0 Å². The summed E-state index contributed by atoms with van der Waals surface area (Å²) in [4.78, 5) is 0. The number of halogens is 4. The molecule has 7 heteroatoms. The van der Waals surface area contributed by atoms with Gasteiger partial charge in [-0.3, -0.25) is 0 Å². The summed E-state index contributed by atoms with van der Waals surface area (Å²) in [6, 6.07) is 3.76. The van der Waals surface area contributed by atoms with Gasteiger partial charge in [-0.15, -0.1) is 0 Å². The standard InChI is InChI=1S/C14H17BrF3NO2/c15-11-7-10(9-19-4-1-3-14(16,17)18)8-12-13(11)21-6-2-5-20-12/h7-8,19H,1-6,9H2. The molecule has 1 aromatic rings. The zero-order valence-electron chi connectivity index (χ0n) is 11.4. The summed E-state index contributed by atoms with van der Waals surface area (Å²) in [7, 11) is 0. The molecule has 0 aliphatic carbocycles. The number of hydrogen-bond acceptors (Lipinski definition) is 3. The molecule has 1 aromatic carbocycles. The zero-order valence-corrected chi connectivity index (χ0v) is 13.0. The molecule has 0 saturated heterocycles. The van der Waals surface area contributed by atoms with E-state index < -0.39 is 12.6 Å². The first-order chi connectivity index (χ1) is 9.96. The minimum atomic E-state index is -4.08. The highest BCUT2D eigenvalue weighted by Crippen LogP contribution is 2.38. The second-order valence-corrected chi connectivity index (χ2v) is 5.71. The molecule has 0 amide bonds. The van der Waals surface area contributed by atoms with Crippen LogP contribution >= 0.6 is 15.9 Å². The molecule has 0 fully saturated rings. The van der Waals surface area contributed by atoms with Crippen LogP contribution in [0.5, 0.6) is 11.5 Å². The largest absolute Gasteiger partial charge is 0.490 e. The predicted molar refractivity (Wildman–Crippen MR) is 76.7 cm³/mol. The number of ether oxygens (including phenoxy) is 2. The summed E-state index contributed by atoms with van der Waals surface area (Å²) in [6.07, 6.45) is -3.94. The molecule has 0 bridgehead atoms. The predicted octanol–water partition coefficient (Wildman–Crippen LogP) is 4.04. The molecule has 3 nitrogen and oxygen atoms in total. The Bertz CT molecular complexity index is 480. The van der Waals surface area contributed by atoms with Crippen molar-refractivity contribution in [1.29, 1.82) is 0 Å². The molecule has 1 aliphatic rings. The van der Waals surface area contributed by atoms with Crippen LogP contribution in [-0.4, -0.2) is 25.9 Å². The third-order valence-electron chi connectivity index (χ3n) is 3.00. The van der Waals surface area contributed by atoms with E-state index in [0.717, 1.165) is 16.5 Å². The number of hydrogen-bond donors (Lipinski definition) is 1. The highest BCUT2D eigenvalue weighted by atomic mass is 79.9. The van der Waals surface area contributed by atoms with Crippen molar-refractivity contribution in [2.24, 2.45) is 0 Å². The fourth-order valence-corrected chi connectivity index (χ4v) is 2.64. The molecule has 21 heavy (non-hydrogen) atoms. The Morgan fingerprint density at radius 1 is 1.19 bits per heavy atom. The number of nitrogens with one attached hydrogen (secondary N) is 1. The molecule has 0 aromatic heterocycles. The van der Waals surface area contributed by atoms with E-state index >= 15 is 0 Å². The SMILES string of the molecule is FC(F)(F)CCCNCc1cc(Br)c2c(c1)OCCCO2. The lowest BCUT2D eigenvalue weighted by atomic mass is 10.2. The maximum absolute atomic E-state index is 12.0. The van der Waals surface area contributed by atoms with Crippen LogP contribution in [0.1, 0.15) is 24.8 Å². The fourth-order valence-electron chi connectivity index (χ4n) is 2.03. The van der Waals surface area contributed by atoms with Gasteiger partial charge >= 0.3 is 6.18 Å². The lowest BCUT2D eigenvalue weighted by molar-refractivity contribution is -0.135. The van der Waals surface area contributed by atoms with E-state index in [2.05, 4.69) is 21.2 Å². The first-order valence-electron chi connectivity index (χ1n) is 6.81. The topological polar surface area (TPSA) is 30.5 Å². The van der Waals surface area contributed by atoms with Gasteiger partial charge in [-0.05, 0) is 46.6 Å². The van der Waals surface area contributed by atoms with Crippen LogP contribution < -0.4 is 14.8 Å². The smallest absolute Gasteiger partial charge is 0.389 e. The molecule has 0 spiro atoms. The van der Waals surface area contributed by atoms with Crippen molar-refractivity contribution in [1.82, 2.24) is 5.32 Å². The van der Waals surface area contributed by atoms with Crippen LogP contribution in [0.3, 0.4) is 0 Å². The highest BCUT2D eigenvalue weighted by molar-refractivity contribution is 9.10. The van der Waals surface area contributed by atoms with Gasteiger partial charge in [0.2, 0.25) is 0 Å². The molecule has 118 valence electrons.